The summed E-state index contributed by atoms with van der Waals surface area (Å²) in [6.45, 7) is 4.28. The molecule has 1 heterocycles. The Morgan fingerprint density at radius 3 is 2.95 bits per heavy atom. The second-order valence-corrected chi connectivity index (χ2v) is 4.53. The molecule has 0 saturated heterocycles. The quantitative estimate of drug-likeness (QED) is 0.746. The molecule has 5 heteroatoms. The first-order valence-corrected chi connectivity index (χ1v) is 6.74. The fourth-order valence-electron chi connectivity index (χ4n) is 1.69. The van der Waals surface area contributed by atoms with Crippen molar-refractivity contribution in [2.45, 2.75) is 45.3 Å². The van der Waals surface area contributed by atoms with E-state index in [1.54, 1.807) is 31.5 Å². The Bertz CT molecular complexity index is 370. The largest absolute Gasteiger partial charge is 0.479 e. The van der Waals surface area contributed by atoms with Gasteiger partial charge in [0.15, 0.2) is 6.10 Å². The summed E-state index contributed by atoms with van der Waals surface area (Å²) in [7, 11) is 0. The van der Waals surface area contributed by atoms with Gasteiger partial charge in [-0.25, -0.2) is 0 Å². The lowest BCUT2D eigenvalue weighted by Crippen LogP contribution is -2.45. The van der Waals surface area contributed by atoms with Crippen LogP contribution in [0.3, 0.4) is 0 Å². The summed E-state index contributed by atoms with van der Waals surface area (Å²) < 4.78 is 5.51. The number of carbonyl (C=O) groups is 1. The molecule has 2 atom stereocenters. The minimum absolute atomic E-state index is 0.0207. The van der Waals surface area contributed by atoms with Crippen LogP contribution in [0, 0.1) is 0 Å². The highest BCUT2D eigenvalue weighted by Crippen LogP contribution is 2.09. The minimum Gasteiger partial charge on any atom is -0.479 e. The molecule has 106 valence electrons. The third kappa shape index (κ3) is 5.70. The Labute approximate surface area is 114 Å². The number of rotatable bonds is 8. The van der Waals surface area contributed by atoms with Crippen molar-refractivity contribution in [3.63, 3.8) is 0 Å². The van der Waals surface area contributed by atoms with Crippen molar-refractivity contribution in [1.82, 2.24) is 10.3 Å². The molecule has 1 aromatic rings. The van der Waals surface area contributed by atoms with Gasteiger partial charge in [-0.15, -0.1) is 0 Å². The van der Waals surface area contributed by atoms with Gasteiger partial charge in [0.05, 0.1) is 6.20 Å². The molecular formula is C14H23N3O2. The van der Waals surface area contributed by atoms with E-state index >= 15 is 0 Å². The molecule has 0 bridgehead atoms. The molecule has 3 N–H and O–H groups in total. The summed E-state index contributed by atoms with van der Waals surface area (Å²) in [6, 6.07) is 3.56. The maximum atomic E-state index is 12.0. The number of pyridine rings is 1. The van der Waals surface area contributed by atoms with Crippen molar-refractivity contribution in [2.75, 3.05) is 6.54 Å². The highest BCUT2D eigenvalue weighted by atomic mass is 16.5. The highest BCUT2D eigenvalue weighted by Gasteiger charge is 2.18. The van der Waals surface area contributed by atoms with Crippen LogP contribution in [0.15, 0.2) is 24.5 Å². The van der Waals surface area contributed by atoms with Gasteiger partial charge < -0.3 is 15.8 Å². The highest BCUT2D eigenvalue weighted by molar-refractivity contribution is 5.81. The molecule has 0 saturated carbocycles. The summed E-state index contributed by atoms with van der Waals surface area (Å²) in [4.78, 5) is 15.9. The predicted molar refractivity (Wildman–Crippen MR) is 74.8 cm³/mol. The molecule has 0 aliphatic carbocycles. The van der Waals surface area contributed by atoms with Crippen molar-refractivity contribution >= 4 is 5.91 Å². The number of nitrogens with zero attached hydrogens (tertiary/aromatic N) is 1. The van der Waals surface area contributed by atoms with Crippen molar-refractivity contribution in [2.24, 2.45) is 5.73 Å². The van der Waals surface area contributed by atoms with Gasteiger partial charge in [0, 0.05) is 18.8 Å². The number of ether oxygens (including phenoxy) is 1. The molecule has 0 aromatic carbocycles. The average molecular weight is 265 g/mol. The Kier molecular flexibility index (Phi) is 6.89. The van der Waals surface area contributed by atoms with E-state index in [4.69, 9.17) is 10.5 Å². The summed E-state index contributed by atoms with van der Waals surface area (Å²) >= 11 is 0. The number of hydrogen-bond acceptors (Lipinski definition) is 4. The lowest BCUT2D eigenvalue weighted by atomic mass is 10.1. The molecule has 0 fully saturated rings. The lowest BCUT2D eigenvalue weighted by Gasteiger charge is -2.20. The number of unbranched alkanes of at least 4 members (excludes halogenated alkanes) is 1. The van der Waals surface area contributed by atoms with Crippen LogP contribution < -0.4 is 15.8 Å². The van der Waals surface area contributed by atoms with Crippen molar-refractivity contribution in [3.05, 3.63) is 24.5 Å². The van der Waals surface area contributed by atoms with Gasteiger partial charge in [-0.05, 0) is 25.5 Å². The SMILES string of the molecule is CCCCC(CN)NC(=O)C(C)Oc1cccnc1. The summed E-state index contributed by atoms with van der Waals surface area (Å²) in [5, 5.41) is 2.91. The first kappa shape index (κ1) is 15.4. The van der Waals surface area contributed by atoms with E-state index in [0.29, 0.717) is 12.3 Å². The van der Waals surface area contributed by atoms with Crippen LogP contribution in [-0.2, 0) is 4.79 Å². The fraction of sp³-hybridized carbons (Fsp3) is 0.571. The second-order valence-electron chi connectivity index (χ2n) is 4.53. The van der Waals surface area contributed by atoms with Crippen molar-refractivity contribution < 1.29 is 9.53 Å². The summed E-state index contributed by atoms with van der Waals surface area (Å²) in [5.41, 5.74) is 5.65. The van der Waals surface area contributed by atoms with E-state index in [9.17, 15) is 4.79 Å². The number of nitrogens with one attached hydrogen (secondary N) is 1. The minimum atomic E-state index is -0.556. The molecule has 19 heavy (non-hydrogen) atoms. The lowest BCUT2D eigenvalue weighted by molar-refractivity contribution is -0.128. The summed E-state index contributed by atoms with van der Waals surface area (Å²) in [6.07, 6.45) is 5.74. The van der Waals surface area contributed by atoms with E-state index in [1.165, 1.54) is 0 Å². The maximum Gasteiger partial charge on any atom is 0.261 e. The molecule has 0 aliphatic rings. The van der Waals surface area contributed by atoms with Crippen LogP contribution in [-0.4, -0.2) is 29.6 Å². The van der Waals surface area contributed by atoms with Crippen molar-refractivity contribution in [3.8, 4) is 5.75 Å². The smallest absolute Gasteiger partial charge is 0.261 e. The molecule has 0 aliphatic heterocycles. The van der Waals surface area contributed by atoms with Crippen LogP contribution >= 0.6 is 0 Å². The number of nitrogens with two attached hydrogens (primary N) is 1. The molecule has 2 unspecified atom stereocenters. The number of amides is 1. The number of carbonyl (C=O) groups excluding carboxylic acids is 1. The van der Waals surface area contributed by atoms with Gasteiger partial charge in [0.1, 0.15) is 5.75 Å². The van der Waals surface area contributed by atoms with Crippen LogP contribution in [0.25, 0.3) is 0 Å². The molecule has 0 radical (unpaired) electrons. The van der Waals surface area contributed by atoms with Crippen LogP contribution in [0.4, 0.5) is 0 Å². The third-order valence-electron chi connectivity index (χ3n) is 2.85. The molecule has 1 aromatic heterocycles. The number of aromatic nitrogens is 1. The number of hydrogen-bond donors (Lipinski definition) is 2. The van der Waals surface area contributed by atoms with Crippen LogP contribution in [0.2, 0.25) is 0 Å². The van der Waals surface area contributed by atoms with Gasteiger partial charge in [-0.1, -0.05) is 19.8 Å². The molecular weight excluding hydrogens is 242 g/mol. The molecule has 1 amide bonds. The van der Waals surface area contributed by atoms with Gasteiger partial charge in [0.25, 0.3) is 5.91 Å². The topological polar surface area (TPSA) is 77.2 Å². The second kappa shape index (κ2) is 8.48. The fourth-order valence-corrected chi connectivity index (χ4v) is 1.69. The Hall–Kier alpha value is -1.62. The first-order chi connectivity index (χ1) is 9.17. The first-order valence-electron chi connectivity index (χ1n) is 6.74. The predicted octanol–water partition coefficient (Wildman–Crippen LogP) is 1.48. The zero-order valence-electron chi connectivity index (χ0n) is 11.6. The van der Waals surface area contributed by atoms with E-state index in [1.807, 2.05) is 0 Å². The Balaban J connectivity index is 2.43. The van der Waals surface area contributed by atoms with E-state index in [2.05, 4.69) is 17.2 Å². The zero-order valence-corrected chi connectivity index (χ0v) is 11.6. The van der Waals surface area contributed by atoms with E-state index in [0.717, 1.165) is 19.3 Å². The standard InChI is InChI=1S/C14H23N3O2/c1-3-4-6-12(9-15)17-14(18)11(2)19-13-7-5-8-16-10-13/h5,7-8,10-12H,3-4,6,9,15H2,1-2H3,(H,17,18). The van der Waals surface area contributed by atoms with Gasteiger partial charge in [-0.2, -0.15) is 0 Å². The van der Waals surface area contributed by atoms with Gasteiger partial charge in [0.2, 0.25) is 0 Å². The third-order valence-corrected chi connectivity index (χ3v) is 2.85. The normalized spacial score (nSPS) is 13.6. The molecule has 1 rings (SSSR count). The van der Waals surface area contributed by atoms with Crippen molar-refractivity contribution in [1.29, 1.82) is 0 Å². The maximum absolute atomic E-state index is 12.0. The van der Waals surface area contributed by atoms with Crippen LogP contribution in [0.5, 0.6) is 5.75 Å². The van der Waals surface area contributed by atoms with E-state index in [-0.39, 0.29) is 11.9 Å². The zero-order chi connectivity index (χ0) is 14.1. The monoisotopic (exact) mass is 265 g/mol. The van der Waals surface area contributed by atoms with Gasteiger partial charge in [-0.3, -0.25) is 9.78 Å². The molecule has 5 nitrogen and oxygen atoms in total. The average Bonchev–Trinajstić information content (AvgIpc) is 2.44. The summed E-state index contributed by atoms with van der Waals surface area (Å²) in [5.74, 6) is 0.443. The Morgan fingerprint density at radius 2 is 2.37 bits per heavy atom. The van der Waals surface area contributed by atoms with E-state index < -0.39 is 6.10 Å². The Morgan fingerprint density at radius 1 is 1.58 bits per heavy atom. The van der Waals surface area contributed by atoms with Crippen LogP contribution in [0.1, 0.15) is 33.1 Å². The van der Waals surface area contributed by atoms with Gasteiger partial charge >= 0.3 is 0 Å². The molecule has 0 spiro atoms.